The number of aliphatic hydroxyl groups excluding tert-OH is 1. The first-order valence-corrected chi connectivity index (χ1v) is 3.76. The van der Waals surface area contributed by atoms with Gasteiger partial charge in [0, 0.05) is 0 Å². The summed E-state index contributed by atoms with van der Waals surface area (Å²) in [5.41, 5.74) is -1.00. The van der Waals surface area contributed by atoms with E-state index in [0.29, 0.717) is 0 Å². The molecule has 0 aliphatic rings. The SMILES string of the molecule is CC(C)[C@H](O)C#CC(C)(C)O. The summed E-state index contributed by atoms with van der Waals surface area (Å²) in [5.74, 6) is 5.25. The normalized spacial score (nSPS) is 14.1. The smallest absolute Gasteiger partial charge is 0.120 e. The highest BCUT2D eigenvalue weighted by atomic mass is 16.3. The lowest BCUT2D eigenvalue weighted by molar-refractivity contribution is 0.140. The Kier molecular flexibility index (Phi) is 3.57. The lowest BCUT2D eigenvalue weighted by Gasteiger charge is -2.09. The van der Waals surface area contributed by atoms with Crippen molar-refractivity contribution in [2.45, 2.75) is 39.4 Å². The van der Waals surface area contributed by atoms with Crippen molar-refractivity contribution in [3.63, 3.8) is 0 Å². The Labute approximate surface area is 68.2 Å². The molecule has 0 aliphatic heterocycles. The largest absolute Gasteiger partial charge is 0.380 e. The van der Waals surface area contributed by atoms with Gasteiger partial charge in [0.1, 0.15) is 11.7 Å². The summed E-state index contributed by atoms with van der Waals surface area (Å²) in [6.45, 7) is 6.94. The second-order valence-corrected chi connectivity index (χ2v) is 3.52. The molecule has 0 aromatic rings. The van der Waals surface area contributed by atoms with Crippen molar-refractivity contribution in [1.29, 1.82) is 0 Å². The van der Waals surface area contributed by atoms with Crippen LogP contribution in [0.2, 0.25) is 0 Å². The van der Waals surface area contributed by atoms with Gasteiger partial charge in [0.15, 0.2) is 0 Å². The Balaban J connectivity index is 4.08. The van der Waals surface area contributed by atoms with Crippen LogP contribution in [0.4, 0.5) is 0 Å². The van der Waals surface area contributed by atoms with Crippen molar-refractivity contribution in [2.24, 2.45) is 5.92 Å². The van der Waals surface area contributed by atoms with Gasteiger partial charge >= 0.3 is 0 Å². The summed E-state index contributed by atoms with van der Waals surface area (Å²) < 4.78 is 0. The van der Waals surface area contributed by atoms with Gasteiger partial charge in [-0.15, -0.1) is 0 Å². The Morgan fingerprint density at radius 2 is 1.73 bits per heavy atom. The first kappa shape index (κ1) is 10.5. The van der Waals surface area contributed by atoms with Crippen LogP contribution in [-0.2, 0) is 0 Å². The molecule has 0 rings (SSSR count). The van der Waals surface area contributed by atoms with E-state index in [0.717, 1.165) is 0 Å². The average Bonchev–Trinajstić information content (AvgIpc) is 1.80. The van der Waals surface area contributed by atoms with Gasteiger partial charge in [0.05, 0.1) is 0 Å². The van der Waals surface area contributed by atoms with Gasteiger partial charge in [-0.2, -0.15) is 0 Å². The summed E-state index contributed by atoms with van der Waals surface area (Å²) in [6.07, 6.45) is -0.638. The summed E-state index contributed by atoms with van der Waals surface area (Å²) in [5, 5.41) is 18.4. The molecule has 2 N–H and O–H groups in total. The number of rotatable bonds is 1. The molecule has 0 bridgehead atoms. The van der Waals surface area contributed by atoms with Crippen molar-refractivity contribution in [3.05, 3.63) is 0 Å². The van der Waals surface area contributed by atoms with Crippen LogP contribution in [0, 0.1) is 17.8 Å². The van der Waals surface area contributed by atoms with E-state index in [-0.39, 0.29) is 5.92 Å². The van der Waals surface area contributed by atoms with E-state index in [1.807, 2.05) is 13.8 Å². The fourth-order valence-electron chi connectivity index (χ4n) is 0.417. The molecule has 11 heavy (non-hydrogen) atoms. The van der Waals surface area contributed by atoms with Crippen LogP contribution in [0.5, 0.6) is 0 Å². The van der Waals surface area contributed by atoms with Gasteiger partial charge in [-0.05, 0) is 19.8 Å². The van der Waals surface area contributed by atoms with Crippen LogP contribution < -0.4 is 0 Å². The van der Waals surface area contributed by atoms with E-state index in [4.69, 9.17) is 5.11 Å². The summed E-state index contributed by atoms with van der Waals surface area (Å²) in [4.78, 5) is 0. The molecule has 0 aliphatic carbocycles. The van der Waals surface area contributed by atoms with Crippen molar-refractivity contribution in [2.75, 3.05) is 0 Å². The molecule has 0 radical (unpaired) electrons. The topological polar surface area (TPSA) is 40.5 Å². The highest BCUT2D eigenvalue weighted by Crippen LogP contribution is 2.01. The van der Waals surface area contributed by atoms with Crippen LogP contribution in [0.25, 0.3) is 0 Å². The number of aliphatic hydroxyl groups is 2. The standard InChI is InChI=1S/C9H16O2/c1-7(2)8(10)5-6-9(3,4)11/h7-8,10-11H,1-4H3/t8-/m1/s1. The molecule has 0 unspecified atom stereocenters. The maximum Gasteiger partial charge on any atom is 0.120 e. The van der Waals surface area contributed by atoms with Crippen LogP contribution in [-0.4, -0.2) is 21.9 Å². The molecule has 0 saturated carbocycles. The number of hydrogen-bond donors (Lipinski definition) is 2. The molecule has 0 aromatic heterocycles. The maximum absolute atomic E-state index is 9.21. The molecular formula is C9H16O2. The fraction of sp³-hybridized carbons (Fsp3) is 0.778. The van der Waals surface area contributed by atoms with Gasteiger partial charge < -0.3 is 10.2 Å². The quantitative estimate of drug-likeness (QED) is 0.551. The molecule has 1 atom stereocenters. The zero-order valence-electron chi connectivity index (χ0n) is 7.55. The molecule has 0 fully saturated rings. The molecule has 0 spiro atoms. The van der Waals surface area contributed by atoms with Gasteiger partial charge in [-0.1, -0.05) is 25.7 Å². The van der Waals surface area contributed by atoms with Gasteiger partial charge in [-0.3, -0.25) is 0 Å². The van der Waals surface area contributed by atoms with Crippen LogP contribution in [0.15, 0.2) is 0 Å². The zero-order chi connectivity index (χ0) is 9.07. The second kappa shape index (κ2) is 3.75. The zero-order valence-corrected chi connectivity index (χ0v) is 7.55. The third-order valence-electron chi connectivity index (χ3n) is 1.16. The third-order valence-corrected chi connectivity index (χ3v) is 1.16. The first-order chi connectivity index (χ1) is 4.83. The second-order valence-electron chi connectivity index (χ2n) is 3.52. The Hall–Kier alpha value is -0.520. The van der Waals surface area contributed by atoms with E-state index >= 15 is 0 Å². The predicted molar refractivity (Wildman–Crippen MR) is 44.9 cm³/mol. The van der Waals surface area contributed by atoms with Crippen molar-refractivity contribution in [1.82, 2.24) is 0 Å². The minimum absolute atomic E-state index is 0.116. The van der Waals surface area contributed by atoms with E-state index in [1.54, 1.807) is 13.8 Å². The predicted octanol–water partition coefficient (Wildman–Crippen LogP) is 0.778. The van der Waals surface area contributed by atoms with Crippen molar-refractivity contribution >= 4 is 0 Å². The molecule has 0 aromatic carbocycles. The third kappa shape index (κ3) is 5.90. The first-order valence-electron chi connectivity index (χ1n) is 3.76. The minimum atomic E-state index is -1.00. The van der Waals surface area contributed by atoms with E-state index < -0.39 is 11.7 Å². The Bertz CT molecular complexity index is 166. The monoisotopic (exact) mass is 156 g/mol. The molecule has 2 heteroatoms. The highest BCUT2D eigenvalue weighted by Gasteiger charge is 2.08. The average molecular weight is 156 g/mol. The van der Waals surface area contributed by atoms with Crippen LogP contribution in [0.3, 0.4) is 0 Å². The Morgan fingerprint density at radius 3 is 2.00 bits per heavy atom. The lowest BCUT2D eigenvalue weighted by atomic mass is 10.1. The van der Waals surface area contributed by atoms with Crippen molar-refractivity contribution < 1.29 is 10.2 Å². The molecule has 2 nitrogen and oxygen atoms in total. The molecule has 64 valence electrons. The van der Waals surface area contributed by atoms with Gasteiger partial charge in [-0.25, -0.2) is 0 Å². The summed E-state index contributed by atoms with van der Waals surface area (Å²) in [6, 6.07) is 0. The summed E-state index contributed by atoms with van der Waals surface area (Å²) in [7, 11) is 0. The molecular weight excluding hydrogens is 140 g/mol. The van der Waals surface area contributed by atoms with E-state index in [9.17, 15) is 5.11 Å². The summed E-state index contributed by atoms with van der Waals surface area (Å²) >= 11 is 0. The van der Waals surface area contributed by atoms with Crippen molar-refractivity contribution in [3.8, 4) is 11.8 Å². The highest BCUT2D eigenvalue weighted by molar-refractivity contribution is 5.13. The van der Waals surface area contributed by atoms with E-state index in [2.05, 4.69) is 11.8 Å². The number of hydrogen-bond acceptors (Lipinski definition) is 2. The van der Waals surface area contributed by atoms with Gasteiger partial charge in [0.25, 0.3) is 0 Å². The fourth-order valence-corrected chi connectivity index (χ4v) is 0.417. The van der Waals surface area contributed by atoms with Gasteiger partial charge in [0.2, 0.25) is 0 Å². The molecule has 0 heterocycles. The van der Waals surface area contributed by atoms with Crippen LogP contribution in [0.1, 0.15) is 27.7 Å². The lowest BCUT2D eigenvalue weighted by Crippen LogP contribution is -2.18. The maximum atomic E-state index is 9.21. The molecule has 0 saturated heterocycles. The van der Waals surface area contributed by atoms with E-state index in [1.165, 1.54) is 0 Å². The minimum Gasteiger partial charge on any atom is -0.380 e. The van der Waals surface area contributed by atoms with Crippen LogP contribution >= 0.6 is 0 Å². The Morgan fingerprint density at radius 1 is 1.27 bits per heavy atom. The molecule has 0 amide bonds.